The second kappa shape index (κ2) is 11.2. The Labute approximate surface area is 205 Å². The number of carbonyl (C=O) groups excluding carboxylic acids is 1. The third kappa shape index (κ3) is 5.74. The van der Waals surface area contributed by atoms with Crippen LogP contribution in [-0.2, 0) is 0 Å². The third-order valence-electron chi connectivity index (χ3n) is 6.26. The quantitative estimate of drug-likeness (QED) is 0.333. The topological polar surface area (TPSA) is 62.5 Å². The van der Waals surface area contributed by atoms with Crippen LogP contribution < -0.4 is 5.32 Å². The van der Waals surface area contributed by atoms with Crippen LogP contribution in [0.25, 0.3) is 28.2 Å². The number of nitrogens with zero attached hydrogens (tertiary/aromatic N) is 4. The molecule has 0 unspecified atom stereocenters. The van der Waals surface area contributed by atoms with Crippen LogP contribution in [0.2, 0.25) is 0 Å². The minimum Gasteiger partial charge on any atom is -0.348 e. The fourth-order valence-electron chi connectivity index (χ4n) is 4.23. The van der Waals surface area contributed by atoms with Crippen LogP contribution in [0.15, 0.2) is 66.7 Å². The first-order valence-electron chi connectivity index (χ1n) is 12.2. The van der Waals surface area contributed by atoms with Crippen molar-refractivity contribution < 1.29 is 9.18 Å². The number of fused-ring (bicyclic) bond motifs is 1. The summed E-state index contributed by atoms with van der Waals surface area (Å²) in [6.07, 6.45) is 1.87. The van der Waals surface area contributed by atoms with Crippen molar-refractivity contribution in [3.63, 3.8) is 0 Å². The zero-order chi connectivity index (χ0) is 24.8. The molecule has 0 radical (unpaired) electrons. The predicted molar refractivity (Wildman–Crippen MR) is 138 cm³/mol. The molecule has 0 aliphatic heterocycles. The van der Waals surface area contributed by atoms with Gasteiger partial charge in [0.15, 0.2) is 5.65 Å². The maximum absolute atomic E-state index is 14.8. The molecule has 4 rings (SSSR count). The molecule has 2 aromatic carbocycles. The van der Waals surface area contributed by atoms with E-state index >= 15 is 0 Å². The van der Waals surface area contributed by atoms with Gasteiger partial charge < -0.3 is 10.2 Å². The Hall–Kier alpha value is -3.58. The number of halogens is 1. The number of hydrogen-bond donors (Lipinski definition) is 1. The molecule has 0 aliphatic rings. The van der Waals surface area contributed by atoms with Gasteiger partial charge in [-0.25, -0.2) is 13.9 Å². The van der Waals surface area contributed by atoms with E-state index in [2.05, 4.69) is 34.1 Å². The number of amides is 1. The Bertz CT molecular complexity index is 1280. The Morgan fingerprint density at radius 3 is 2.49 bits per heavy atom. The molecule has 0 bridgehead atoms. The largest absolute Gasteiger partial charge is 0.348 e. The Kier molecular flexibility index (Phi) is 7.87. The van der Waals surface area contributed by atoms with Crippen molar-refractivity contribution in [3.8, 4) is 22.5 Å². The van der Waals surface area contributed by atoms with Gasteiger partial charge in [-0.3, -0.25) is 4.79 Å². The third-order valence-corrected chi connectivity index (χ3v) is 6.26. The summed E-state index contributed by atoms with van der Waals surface area (Å²) in [4.78, 5) is 20.1. The number of rotatable bonds is 10. The summed E-state index contributed by atoms with van der Waals surface area (Å²) >= 11 is 0. The molecule has 182 valence electrons. The highest BCUT2D eigenvalue weighted by molar-refractivity contribution is 5.94. The molecule has 4 aromatic rings. The summed E-state index contributed by atoms with van der Waals surface area (Å²) in [5, 5.41) is 7.75. The maximum atomic E-state index is 14.8. The minimum absolute atomic E-state index is 0.00205. The predicted octanol–water partition coefficient (Wildman–Crippen LogP) is 5.44. The van der Waals surface area contributed by atoms with Crippen molar-refractivity contribution in [1.29, 1.82) is 0 Å². The van der Waals surface area contributed by atoms with E-state index in [0.29, 0.717) is 22.6 Å². The van der Waals surface area contributed by atoms with Crippen molar-refractivity contribution in [2.75, 3.05) is 19.6 Å². The molecule has 7 heteroatoms. The van der Waals surface area contributed by atoms with Crippen molar-refractivity contribution in [2.45, 2.75) is 39.7 Å². The zero-order valence-corrected chi connectivity index (χ0v) is 20.5. The van der Waals surface area contributed by atoms with Crippen molar-refractivity contribution >= 4 is 11.6 Å². The first-order chi connectivity index (χ1) is 17.0. The van der Waals surface area contributed by atoms with E-state index in [9.17, 15) is 9.18 Å². The lowest BCUT2D eigenvalue weighted by molar-refractivity contribution is 0.0932. The summed E-state index contributed by atoms with van der Waals surface area (Å²) in [6, 6.07) is 19.7. The standard InChI is InChI=1S/C28H32FN5O/c1-4-33(5-2)17-11-12-20(3)30-28(35)25-18-26(22-15-9-10-16-23(22)29)34-27(31-25)19-24(32-34)21-13-7-6-8-14-21/h6-10,13-16,18-20H,4-5,11-12,17H2,1-3H3,(H,30,35)/t20-/m1/s1. The van der Waals surface area contributed by atoms with Crippen LogP contribution in [0.5, 0.6) is 0 Å². The lowest BCUT2D eigenvalue weighted by Gasteiger charge is -2.19. The van der Waals surface area contributed by atoms with Crippen LogP contribution in [-0.4, -0.2) is 51.1 Å². The molecule has 2 heterocycles. The molecular formula is C28H32FN5O. The van der Waals surface area contributed by atoms with Gasteiger partial charge in [-0.2, -0.15) is 5.10 Å². The second-order valence-corrected chi connectivity index (χ2v) is 8.72. The number of hydrogen-bond acceptors (Lipinski definition) is 4. The van der Waals surface area contributed by atoms with Gasteiger partial charge in [0.25, 0.3) is 5.91 Å². The van der Waals surface area contributed by atoms with Crippen LogP contribution in [0.4, 0.5) is 4.39 Å². The van der Waals surface area contributed by atoms with E-state index in [-0.39, 0.29) is 23.5 Å². The molecular weight excluding hydrogens is 441 g/mol. The van der Waals surface area contributed by atoms with Gasteiger partial charge in [0.05, 0.1) is 11.4 Å². The summed E-state index contributed by atoms with van der Waals surface area (Å²) in [5.41, 5.74) is 3.21. The molecule has 1 atom stereocenters. The molecule has 0 saturated carbocycles. The first kappa shape index (κ1) is 24.5. The van der Waals surface area contributed by atoms with Gasteiger partial charge in [0.1, 0.15) is 11.5 Å². The van der Waals surface area contributed by atoms with Crippen molar-refractivity contribution in [1.82, 2.24) is 24.8 Å². The number of carbonyl (C=O) groups is 1. The summed E-state index contributed by atoms with van der Waals surface area (Å²) < 4.78 is 16.4. The summed E-state index contributed by atoms with van der Waals surface area (Å²) in [7, 11) is 0. The maximum Gasteiger partial charge on any atom is 0.270 e. The van der Waals surface area contributed by atoms with E-state index in [4.69, 9.17) is 0 Å². The number of benzene rings is 2. The molecule has 1 N–H and O–H groups in total. The average Bonchev–Trinajstić information content (AvgIpc) is 3.31. The van der Waals surface area contributed by atoms with E-state index in [1.165, 1.54) is 6.07 Å². The normalized spacial score (nSPS) is 12.3. The van der Waals surface area contributed by atoms with E-state index in [0.717, 1.165) is 38.0 Å². The highest BCUT2D eigenvalue weighted by Crippen LogP contribution is 2.27. The minimum atomic E-state index is -0.382. The van der Waals surface area contributed by atoms with E-state index < -0.39 is 0 Å². The van der Waals surface area contributed by atoms with Gasteiger partial charge in [-0.1, -0.05) is 56.3 Å². The van der Waals surface area contributed by atoms with Crippen LogP contribution in [0.3, 0.4) is 0 Å². The lowest BCUT2D eigenvalue weighted by Crippen LogP contribution is -2.34. The Morgan fingerprint density at radius 1 is 1.06 bits per heavy atom. The van der Waals surface area contributed by atoms with E-state index in [1.54, 1.807) is 28.8 Å². The Morgan fingerprint density at radius 2 is 1.77 bits per heavy atom. The molecule has 1 amide bonds. The molecule has 0 aliphatic carbocycles. The SMILES string of the molecule is CCN(CC)CCC[C@@H](C)NC(=O)c1cc(-c2ccccc2F)n2nc(-c3ccccc3)cc2n1. The highest BCUT2D eigenvalue weighted by atomic mass is 19.1. The molecule has 0 spiro atoms. The molecule has 35 heavy (non-hydrogen) atoms. The van der Waals surface area contributed by atoms with Gasteiger partial charge >= 0.3 is 0 Å². The first-order valence-corrected chi connectivity index (χ1v) is 12.2. The smallest absolute Gasteiger partial charge is 0.270 e. The number of aromatic nitrogens is 3. The Balaban J connectivity index is 1.64. The highest BCUT2D eigenvalue weighted by Gasteiger charge is 2.19. The second-order valence-electron chi connectivity index (χ2n) is 8.72. The van der Waals surface area contributed by atoms with Gasteiger partial charge in [0, 0.05) is 23.2 Å². The van der Waals surface area contributed by atoms with E-state index in [1.807, 2.05) is 43.3 Å². The van der Waals surface area contributed by atoms with Crippen LogP contribution in [0, 0.1) is 5.82 Å². The summed E-state index contributed by atoms with van der Waals surface area (Å²) in [6.45, 7) is 9.37. The van der Waals surface area contributed by atoms with Crippen LogP contribution in [0.1, 0.15) is 44.1 Å². The fraction of sp³-hybridized carbons (Fsp3) is 0.321. The molecule has 2 aromatic heterocycles. The zero-order valence-electron chi connectivity index (χ0n) is 20.5. The monoisotopic (exact) mass is 473 g/mol. The van der Waals surface area contributed by atoms with Gasteiger partial charge in [-0.15, -0.1) is 0 Å². The summed E-state index contributed by atoms with van der Waals surface area (Å²) in [5.74, 6) is -0.657. The number of nitrogens with one attached hydrogen (secondary N) is 1. The average molecular weight is 474 g/mol. The molecule has 0 saturated heterocycles. The fourth-order valence-corrected chi connectivity index (χ4v) is 4.23. The van der Waals surface area contributed by atoms with Gasteiger partial charge in [-0.05, 0) is 57.6 Å². The van der Waals surface area contributed by atoms with Crippen LogP contribution >= 0.6 is 0 Å². The van der Waals surface area contributed by atoms with Crippen molar-refractivity contribution in [3.05, 3.63) is 78.2 Å². The van der Waals surface area contributed by atoms with Gasteiger partial charge in [0.2, 0.25) is 0 Å². The lowest BCUT2D eigenvalue weighted by atomic mass is 10.1. The molecule has 0 fully saturated rings. The molecule has 6 nitrogen and oxygen atoms in total. The van der Waals surface area contributed by atoms with Crippen molar-refractivity contribution in [2.24, 2.45) is 0 Å².